The predicted molar refractivity (Wildman–Crippen MR) is 71.4 cm³/mol. The van der Waals surface area contributed by atoms with E-state index in [0.29, 0.717) is 12.5 Å². The number of aliphatic hydroxyl groups is 1. The van der Waals surface area contributed by atoms with Gasteiger partial charge in [-0.2, -0.15) is 0 Å². The van der Waals surface area contributed by atoms with Crippen LogP contribution in [0.3, 0.4) is 0 Å². The van der Waals surface area contributed by atoms with E-state index in [4.69, 9.17) is 0 Å². The zero-order valence-corrected chi connectivity index (χ0v) is 11.0. The molecule has 0 bridgehead atoms. The summed E-state index contributed by atoms with van der Waals surface area (Å²) in [5.41, 5.74) is -0.494. The van der Waals surface area contributed by atoms with E-state index in [1.165, 1.54) is 25.7 Å². The third-order valence-electron chi connectivity index (χ3n) is 4.06. The summed E-state index contributed by atoms with van der Waals surface area (Å²) in [7, 11) is 0. The second kappa shape index (κ2) is 5.85. The van der Waals surface area contributed by atoms with Gasteiger partial charge in [-0.25, -0.2) is 0 Å². The van der Waals surface area contributed by atoms with E-state index in [1.807, 2.05) is 0 Å². The van der Waals surface area contributed by atoms with Crippen molar-refractivity contribution in [3.63, 3.8) is 0 Å². The quantitative estimate of drug-likeness (QED) is 0.776. The van der Waals surface area contributed by atoms with Gasteiger partial charge in [-0.05, 0) is 31.6 Å². The van der Waals surface area contributed by atoms with E-state index >= 15 is 0 Å². The van der Waals surface area contributed by atoms with Crippen molar-refractivity contribution in [3.8, 4) is 0 Å². The summed E-state index contributed by atoms with van der Waals surface area (Å²) >= 11 is 0. The van der Waals surface area contributed by atoms with Gasteiger partial charge in [0.2, 0.25) is 0 Å². The molecule has 0 aromatic carbocycles. The van der Waals surface area contributed by atoms with E-state index < -0.39 is 5.60 Å². The topological polar surface area (TPSA) is 44.6 Å². The summed E-state index contributed by atoms with van der Waals surface area (Å²) in [5, 5.41) is 13.9. The molecule has 1 aliphatic heterocycles. The maximum atomic E-state index is 10.5. The van der Waals surface area contributed by atoms with Crippen LogP contribution in [0, 0.1) is 5.92 Å². The highest BCUT2D eigenvalue weighted by atomic mass is 16.3. The van der Waals surface area contributed by atoms with Crippen LogP contribution in [0.2, 0.25) is 0 Å². The highest BCUT2D eigenvalue weighted by molar-refractivity contribution is 5.82. The summed E-state index contributed by atoms with van der Waals surface area (Å²) in [6.07, 6.45) is 9.11. The third kappa shape index (κ3) is 3.98. The smallest absolute Gasteiger partial charge is 0.0964 e. The molecule has 0 amide bonds. The monoisotopic (exact) mass is 238 g/mol. The molecule has 0 aromatic heterocycles. The van der Waals surface area contributed by atoms with Crippen LogP contribution < -0.4 is 5.32 Å². The molecule has 0 spiro atoms. The fraction of sp³-hybridized carbons (Fsp3) is 0.929. The minimum atomic E-state index is -0.494. The molecule has 98 valence electrons. The lowest BCUT2D eigenvalue weighted by Gasteiger charge is -2.36. The molecule has 2 N–H and O–H groups in total. The molecule has 2 rings (SSSR count). The fourth-order valence-corrected chi connectivity index (χ4v) is 3.08. The second-order valence-corrected chi connectivity index (χ2v) is 5.92. The number of rotatable bonds is 2. The molecule has 0 saturated heterocycles. The Bertz CT molecular complexity index is 277. The summed E-state index contributed by atoms with van der Waals surface area (Å²) in [4.78, 5) is 4.55. The molecule has 1 aliphatic carbocycles. The van der Waals surface area contributed by atoms with E-state index in [-0.39, 0.29) is 0 Å². The molecular formula is C14H26N2O. The van der Waals surface area contributed by atoms with Crippen LogP contribution in [0.15, 0.2) is 4.99 Å². The summed E-state index contributed by atoms with van der Waals surface area (Å²) in [6, 6.07) is 0. The van der Waals surface area contributed by atoms with Gasteiger partial charge in [0.15, 0.2) is 0 Å². The summed E-state index contributed by atoms with van der Waals surface area (Å²) < 4.78 is 0. The van der Waals surface area contributed by atoms with Crippen molar-refractivity contribution in [3.05, 3.63) is 0 Å². The SMILES string of the molecule is CC1CCCC(O)(CNC2=NCCCCC2)C1. The minimum Gasteiger partial charge on any atom is -0.388 e. The van der Waals surface area contributed by atoms with Crippen LogP contribution in [0.4, 0.5) is 0 Å². The molecule has 17 heavy (non-hydrogen) atoms. The standard InChI is InChI=1S/C14H26N2O/c1-12-6-5-8-14(17,10-12)11-16-13-7-3-2-4-9-15-13/h12,17H,2-11H2,1H3,(H,15,16). The Morgan fingerprint density at radius 2 is 2.24 bits per heavy atom. The van der Waals surface area contributed by atoms with E-state index in [1.54, 1.807) is 0 Å². The van der Waals surface area contributed by atoms with Crippen LogP contribution in [0.1, 0.15) is 58.3 Å². The van der Waals surface area contributed by atoms with Crippen LogP contribution in [0.25, 0.3) is 0 Å². The Kier molecular flexibility index (Phi) is 4.43. The van der Waals surface area contributed by atoms with Gasteiger partial charge >= 0.3 is 0 Å². The van der Waals surface area contributed by atoms with E-state index in [2.05, 4.69) is 17.2 Å². The first-order valence-corrected chi connectivity index (χ1v) is 7.18. The molecule has 3 heteroatoms. The first kappa shape index (κ1) is 12.9. The Hall–Kier alpha value is -0.570. The molecule has 0 aromatic rings. The molecule has 2 unspecified atom stereocenters. The average molecular weight is 238 g/mol. The van der Waals surface area contributed by atoms with Crippen molar-refractivity contribution in [1.29, 1.82) is 0 Å². The lowest BCUT2D eigenvalue weighted by Crippen LogP contribution is -2.45. The van der Waals surface area contributed by atoms with Gasteiger partial charge in [0.25, 0.3) is 0 Å². The zero-order chi connectivity index (χ0) is 12.1. The average Bonchev–Trinajstić information content (AvgIpc) is 2.54. The van der Waals surface area contributed by atoms with Crippen molar-refractivity contribution in [2.24, 2.45) is 10.9 Å². The fourth-order valence-electron chi connectivity index (χ4n) is 3.08. The van der Waals surface area contributed by atoms with E-state index in [9.17, 15) is 5.11 Å². The maximum absolute atomic E-state index is 10.5. The minimum absolute atomic E-state index is 0.494. The second-order valence-electron chi connectivity index (χ2n) is 5.92. The number of hydrogen-bond acceptors (Lipinski definition) is 3. The number of amidine groups is 1. The van der Waals surface area contributed by atoms with Gasteiger partial charge in [-0.15, -0.1) is 0 Å². The molecule has 3 nitrogen and oxygen atoms in total. The predicted octanol–water partition coefficient (Wildman–Crippen LogP) is 2.49. The molecule has 1 saturated carbocycles. The number of hydrogen-bond donors (Lipinski definition) is 2. The van der Waals surface area contributed by atoms with Crippen LogP contribution >= 0.6 is 0 Å². The Balaban J connectivity index is 1.81. The molecule has 2 atom stereocenters. The number of nitrogens with zero attached hydrogens (tertiary/aromatic N) is 1. The van der Waals surface area contributed by atoms with Crippen molar-refractivity contribution >= 4 is 5.84 Å². The Labute approximate surface area is 105 Å². The van der Waals surface area contributed by atoms with Crippen LogP contribution in [-0.4, -0.2) is 29.6 Å². The first-order valence-electron chi connectivity index (χ1n) is 7.18. The van der Waals surface area contributed by atoms with Gasteiger partial charge < -0.3 is 10.4 Å². The van der Waals surface area contributed by atoms with Crippen molar-refractivity contribution in [2.45, 2.75) is 63.9 Å². The number of nitrogens with one attached hydrogen (secondary N) is 1. The third-order valence-corrected chi connectivity index (χ3v) is 4.06. The van der Waals surface area contributed by atoms with Crippen molar-refractivity contribution in [2.75, 3.05) is 13.1 Å². The molecule has 1 fully saturated rings. The van der Waals surface area contributed by atoms with E-state index in [0.717, 1.165) is 38.1 Å². The molecule has 2 aliphatic rings. The summed E-state index contributed by atoms with van der Waals surface area (Å²) in [5.74, 6) is 1.78. The first-order chi connectivity index (χ1) is 8.18. The van der Waals surface area contributed by atoms with Gasteiger partial charge in [0.1, 0.15) is 0 Å². The van der Waals surface area contributed by atoms with Crippen LogP contribution in [0.5, 0.6) is 0 Å². The van der Waals surface area contributed by atoms with Gasteiger partial charge in [-0.3, -0.25) is 4.99 Å². The van der Waals surface area contributed by atoms with Crippen LogP contribution in [-0.2, 0) is 0 Å². The van der Waals surface area contributed by atoms with Gasteiger partial charge in [0, 0.05) is 19.5 Å². The molecular weight excluding hydrogens is 212 g/mol. The Morgan fingerprint density at radius 3 is 3.06 bits per heavy atom. The lowest BCUT2D eigenvalue weighted by atomic mass is 9.79. The van der Waals surface area contributed by atoms with Gasteiger partial charge in [0.05, 0.1) is 11.4 Å². The summed E-state index contributed by atoms with van der Waals surface area (Å²) in [6.45, 7) is 3.89. The molecule has 1 heterocycles. The van der Waals surface area contributed by atoms with Gasteiger partial charge in [-0.1, -0.05) is 26.2 Å². The van der Waals surface area contributed by atoms with Crippen molar-refractivity contribution < 1.29 is 5.11 Å². The highest BCUT2D eigenvalue weighted by Gasteiger charge is 2.32. The lowest BCUT2D eigenvalue weighted by molar-refractivity contribution is -0.00824. The Morgan fingerprint density at radius 1 is 1.35 bits per heavy atom. The number of aliphatic imine (C=N–C) groups is 1. The highest BCUT2D eigenvalue weighted by Crippen LogP contribution is 2.31. The molecule has 0 radical (unpaired) electrons. The zero-order valence-electron chi connectivity index (χ0n) is 11.0. The largest absolute Gasteiger partial charge is 0.388 e. The maximum Gasteiger partial charge on any atom is 0.0964 e. The van der Waals surface area contributed by atoms with Crippen molar-refractivity contribution in [1.82, 2.24) is 5.32 Å². The normalized spacial score (nSPS) is 34.9.